The van der Waals surface area contributed by atoms with Gasteiger partial charge >= 0.3 is 5.69 Å². The maximum Gasteiger partial charge on any atom is 0.353 e. The quantitative estimate of drug-likeness (QED) is 0.492. The van der Waals surface area contributed by atoms with E-state index >= 15 is 0 Å². The molecule has 0 saturated carbocycles. The predicted molar refractivity (Wildman–Crippen MR) is 102 cm³/mol. The third-order valence-electron chi connectivity index (χ3n) is 4.01. The van der Waals surface area contributed by atoms with Crippen molar-refractivity contribution in [2.75, 3.05) is 10.6 Å². The average Bonchev–Trinajstić information content (AvgIpc) is 2.63. The molecular formula is C19H18FN5O2. The predicted octanol–water partition coefficient (Wildman–Crippen LogP) is 4.50. The van der Waals surface area contributed by atoms with Crippen LogP contribution in [0.5, 0.6) is 0 Å². The van der Waals surface area contributed by atoms with Crippen molar-refractivity contribution in [3.63, 3.8) is 0 Å². The lowest BCUT2D eigenvalue weighted by atomic mass is 10.1. The smallest absolute Gasteiger partial charge is 0.353 e. The third-order valence-corrected chi connectivity index (χ3v) is 4.01. The molecule has 0 aliphatic rings. The SMILES string of the molecule is Cc1ccc(Nc2ncnc(NCc3ccc(F)cc3)c2[N+](=O)[O-])c(C)c1. The number of rotatable bonds is 6. The molecule has 1 aromatic heterocycles. The van der Waals surface area contributed by atoms with Crippen LogP contribution in [0.2, 0.25) is 0 Å². The molecule has 2 N–H and O–H groups in total. The minimum absolute atomic E-state index is 0.0894. The number of nitrogens with zero attached hydrogens (tertiary/aromatic N) is 3. The van der Waals surface area contributed by atoms with Crippen molar-refractivity contribution in [1.29, 1.82) is 0 Å². The zero-order chi connectivity index (χ0) is 19.4. The van der Waals surface area contributed by atoms with Crippen LogP contribution >= 0.6 is 0 Å². The van der Waals surface area contributed by atoms with Crippen molar-refractivity contribution in [2.45, 2.75) is 20.4 Å². The summed E-state index contributed by atoms with van der Waals surface area (Å²) in [4.78, 5) is 19.1. The van der Waals surface area contributed by atoms with Crippen LogP contribution in [0.25, 0.3) is 0 Å². The molecule has 0 bridgehead atoms. The van der Waals surface area contributed by atoms with Gasteiger partial charge in [-0.25, -0.2) is 14.4 Å². The highest BCUT2D eigenvalue weighted by Gasteiger charge is 2.23. The van der Waals surface area contributed by atoms with Crippen molar-refractivity contribution in [2.24, 2.45) is 0 Å². The monoisotopic (exact) mass is 367 g/mol. The highest BCUT2D eigenvalue weighted by molar-refractivity contribution is 5.74. The van der Waals surface area contributed by atoms with E-state index in [0.717, 1.165) is 22.4 Å². The molecule has 7 nitrogen and oxygen atoms in total. The van der Waals surface area contributed by atoms with Gasteiger partial charge in [0.05, 0.1) is 4.92 Å². The number of nitro groups is 1. The summed E-state index contributed by atoms with van der Waals surface area (Å²) in [6, 6.07) is 11.6. The van der Waals surface area contributed by atoms with Gasteiger partial charge in [0.2, 0.25) is 11.6 Å². The Morgan fingerprint density at radius 1 is 1.07 bits per heavy atom. The van der Waals surface area contributed by atoms with Crippen molar-refractivity contribution >= 4 is 23.0 Å². The van der Waals surface area contributed by atoms with E-state index in [4.69, 9.17) is 0 Å². The fraction of sp³-hybridized carbons (Fsp3) is 0.158. The summed E-state index contributed by atoms with van der Waals surface area (Å²) in [5, 5.41) is 17.6. The second kappa shape index (κ2) is 7.77. The van der Waals surface area contributed by atoms with Crippen LogP contribution in [0.4, 0.5) is 27.4 Å². The molecule has 0 aliphatic carbocycles. The molecule has 27 heavy (non-hydrogen) atoms. The van der Waals surface area contributed by atoms with E-state index in [1.165, 1.54) is 18.5 Å². The minimum Gasteiger partial charge on any atom is -0.360 e. The van der Waals surface area contributed by atoms with Gasteiger partial charge in [-0.1, -0.05) is 29.8 Å². The molecule has 0 aliphatic heterocycles. The molecule has 0 amide bonds. The van der Waals surface area contributed by atoms with Crippen LogP contribution in [-0.2, 0) is 6.54 Å². The van der Waals surface area contributed by atoms with E-state index in [9.17, 15) is 14.5 Å². The molecule has 8 heteroatoms. The second-order valence-electron chi connectivity index (χ2n) is 6.10. The number of benzene rings is 2. The average molecular weight is 367 g/mol. The molecule has 138 valence electrons. The maximum absolute atomic E-state index is 13.0. The van der Waals surface area contributed by atoms with Crippen molar-refractivity contribution in [3.8, 4) is 0 Å². The molecule has 0 radical (unpaired) electrons. The summed E-state index contributed by atoms with van der Waals surface area (Å²) in [6.45, 7) is 4.15. The van der Waals surface area contributed by atoms with Crippen molar-refractivity contribution in [1.82, 2.24) is 9.97 Å². The van der Waals surface area contributed by atoms with Gasteiger partial charge in [-0.15, -0.1) is 0 Å². The Morgan fingerprint density at radius 3 is 2.44 bits per heavy atom. The summed E-state index contributed by atoms with van der Waals surface area (Å²) in [5.41, 5.74) is 3.29. The standard InChI is InChI=1S/C19H18FN5O2/c1-12-3-8-16(13(2)9-12)24-19-17(25(26)27)18(22-11-23-19)21-10-14-4-6-15(20)7-5-14/h3-9,11H,10H2,1-2H3,(H2,21,22,23,24). The van der Waals surface area contributed by atoms with E-state index in [-0.39, 0.29) is 29.7 Å². The van der Waals surface area contributed by atoms with Crippen LogP contribution in [0.1, 0.15) is 16.7 Å². The van der Waals surface area contributed by atoms with E-state index in [1.54, 1.807) is 12.1 Å². The lowest BCUT2D eigenvalue weighted by Gasteiger charge is -2.12. The van der Waals surface area contributed by atoms with Crippen LogP contribution in [0.15, 0.2) is 48.8 Å². The first-order valence-electron chi connectivity index (χ1n) is 8.26. The van der Waals surface area contributed by atoms with E-state index in [1.807, 2.05) is 32.0 Å². The van der Waals surface area contributed by atoms with Crippen LogP contribution < -0.4 is 10.6 Å². The maximum atomic E-state index is 13.0. The number of aromatic nitrogens is 2. The van der Waals surface area contributed by atoms with Crippen LogP contribution in [0, 0.1) is 29.8 Å². The normalized spacial score (nSPS) is 10.5. The Morgan fingerprint density at radius 2 is 1.78 bits per heavy atom. The van der Waals surface area contributed by atoms with E-state index in [2.05, 4.69) is 20.6 Å². The molecule has 0 fully saturated rings. The number of hydrogen-bond donors (Lipinski definition) is 2. The summed E-state index contributed by atoms with van der Waals surface area (Å²) in [5.74, 6) is -0.151. The lowest BCUT2D eigenvalue weighted by molar-refractivity contribution is -0.383. The fourth-order valence-electron chi connectivity index (χ4n) is 2.64. The molecule has 3 aromatic rings. The Bertz CT molecular complexity index is 976. The first-order chi connectivity index (χ1) is 12.9. The first-order valence-corrected chi connectivity index (χ1v) is 8.26. The molecule has 1 heterocycles. The summed E-state index contributed by atoms with van der Waals surface area (Å²) in [7, 11) is 0. The molecule has 0 saturated heterocycles. The Kier molecular flexibility index (Phi) is 5.25. The van der Waals surface area contributed by atoms with Gasteiger partial charge in [0.15, 0.2) is 0 Å². The Labute approximate surface area is 155 Å². The Balaban J connectivity index is 1.87. The zero-order valence-corrected chi connectivity index (χ0v) is 14.9. The summed E-state index contributed by atoms with van der Waals surface area (Å²) >= 11 is 0. The highest BCUT2D eigenvalue weighted by Crippen LogP contribution is 2.32. The number of halogens is 1. The molecule has 0 atom stereocenters. The first kappa shape index (κ1) is 18.2. The molecule has 2 aromatic carbocycles. The van der Waals surface area contributed by atoms with Crippen molar-refractivity contribution in [3.05, 3.63) is 81.4 Å². The zero-order valence-electron chi connectivity index (χ0n) is 14.9. The number of anilines is 3. The van der Waals surface area contributed by atoms with E-state index < -0.39 is 4.92 Å². The van der Waals surface area contributed by atoms with Gasteiger partial charge in [0, 0.05) is 12.2 Å². The molecule has 0 spiro atoms. The fourth-order valence-corrected chi connectivity index (χ4v) is 2.64. The number of aryl methyl sites for hydroxylation is 2. The van der Waals surface area contributed by atoms with E-state index in [0.29, 0.717) is 0 Å². The van der Waals surface area contributed by atoms with Crippen molar-refractivity contribution < 1.29 is 9.31 Å². The molecular weight excluding hydrogens is 349 g/mol. The van der Waals surface area contributed by atoms with Crippen LogP contribution in [-0.4, -0.2) is 14.9 Å². The van der Waals surface area contributed by atoms with Gasteiger partial charge in [-0.3, -0.25) is 10.1 Å². The summed E-state index contributed by atoms with van der Waals surface area (Å²) in [6.07, 6.45) is 1.26. The largest absolute Gasteiger partial charge is 0.360 e. The van der Waals surface area contributed by atoms with Crippen LogP contribution in [0.3, 0.4) is 0 Å². The second-order valence-corrected chi connectivity index (χ2v) is 6.10. The van der Waals surface area contributed by atoms with Gasteiger partial charge in [-0.2, -0.15) is 0 Å². The van der Waals surface area contributed by atoms with Gasteiger partial charge in [-0.05, 0) is 43.2 Å². The third kappa shape index (κ3) is 4.35. The number of hydrogen-bond acceptors (Lipinski definition) is 6. The molecule has 3 rings (SSSR count). The van der Waals surface area contributed by atoms with Gasteiger partial charge in [0.1, 0.15) is 12.1 Å². The van der Waals surface area contributed by atoms with Gasteiger partial charge < -0.3 is 10.6 Å². The van der Waals surface area contributed by atoms with Gasteiger partial charge in [0.25, 0.3) is 0 Å². The Hall–Kier alpha value is -3.55. The highest BCUT2D eigenvalue weighted by atomic mass is 19.1. The molecule has 0 unspecified atom stereocenters. The summed E-state index contributed by atoms with van der Waals surface area (Å²) < 4.78 is 13.0. The topological polar surface area (TPSA) is 93.0 Å². The number of nitrogens with one attached hydrogen (secondary N) is 2. The minimum atomic E-state index is -0.529. The lowest BCUT2D eigenvalue weighted by Crippen LogP contribution is -2.08.